The first-order valence-corrected chi connectivity index (χ1v) is 7.89. The van der Waals surface area contributed by atoms with Gasteiger partial charge in [0.1, 0.15) is 0 Å². The second-order valence-corrected chi connectivity index (χ2v) is 6.21. The highest BCUT2D eigenvalue weighted by Gasteiger charge is 2.47. The molecule has 1 aromatic rings. The molecule has 3 aliphatic rings. The van der Waals surface area contributed by atoms with Crippen LogP contribution in [0.3, 0.4) is 0 Å². The van der Waals surface area contributed by atoms with Crippen LogP contribution in [0.2, 0.25) is 0 Å². The minimum atomic E-state index is -0.845. The van der Waals surface area contributed by atoms with Gasteiger partial charge in [-0.3, -0.25) is 9.59 Å². The van der Waals surface area contributed by atoms with Crippen molar-refractivity contribution >= 4 is 11.9 Å². The fourth-order valence-electron chi connectivity index (χ4n) is 3.78. The Morgan fingerprint density at radius 3 is 2.27 bits per heavy atom. The first-order valence-electron chi connectivity index (χ1n) is 7.89. The molecule has 0 radical (unpaired) electrons. The Balaban J connectivity index is 1.61. The molecule has 4 nitrogen and oxygen atoms in total. The molecule has 0 spiro atoms. The number of carbonyl (C=O) groups is 2. The maximum atomic E-state index is 12.5. The normalized spacial score (nSPS) is 29.3. The third-order valence-electron chi connectivity index (χ3n) is 4.89. The maximum Gasteiger partial charge on any atom is 0.307 e. The third kappa shape index (κ3) is 2.91. The monoisotopic (exact) mass is 299 g/mol. The Morgan fingerprint density at radius 1 is 1.05 bits per heavy atom. The summed E-state index contributed by atoms with van der Waals surface area (Å²) in [5.41, 5.74) is 1.17. The zero-order chi connectivity index (χ0) is 15.5. The van der Waals surface area contributed by atoms with Crippen molar-refractivity contribution in [2.75, 3.05) is 6.54 Å². The summed E-state index contributed by atoms with van der Waals surface area (Å²) >= 11 is 0. The number of fused-ring (bicyclic) bond motifs is 2. The van der Waals surface area contributed by atoms with Crippen LogP contribution < -0.4 is 5.32 Å². The number of hydrogen-bond acceptors (Lipinski definition) is 2. The van der Waals surface area contributed by atoms with E-state index < -0.39 is 17.8 Å². The molecule has 4 heteroatoms. The number of carbonyl (C=O) groups excluding carboxylic acids is 1. The van der Waals surface area contributed by atoms with Gasteiger partial charge < -0.3 is 10.4 Å². The van der Waals surface area contributed by atoms with E-state index in [1.54, 1.807) is 0 Å². The molecule has 1 fully saturated rings. The molecule has 0 aromatic heterocycles. The number of allylic oxidation sites excluding steroid dienone is 2. The van der Waals surface area contributed by atoms with Crippen molar-refractivity contribution in [1.29, 1.82) is 0 Å². The molecule has 0 unspecified atom stereocenters. The summed E-state index contributed by atoms with van der Waals surface area (Å²) in [6, 6.07) is 9.96. The van der Waals surface area contributed by atoms with E-state index in [-0.39, 0.29) is 17.7 Å². The van der Waals surface area contributed by atoms with Gasteiger partial charge in [0.15, 0.2) is 0 Å². The van der Waals surface area contributed by atoms with Crippen LogP contribution in [0.25, 0.3) is 0 Å². The average molecular weight is 299 g/mol. The Bertz CT molecular complexity index is 581. The van der Waals surface area contributed by atoms with Gasteiger partial charge >= 0.3 is 5.97 Å². The van der Waals surface area contributed by atoms with E-state index in [0.29, 0.717) is 6.54 Å². The molecule has 2 N–H and O–H groups in total. The van der Waals surface area contributed by atoms with Gasteiger partial charge in [-0.2, -0.15) is 0 Å². The van der Waals surface area contributed by atoms with Gasteiger partial charge in [-0.1, -0.05) is 42.5 Å². The van der Waals surface area contributed by atoms with E-state index in [1.165, 1.54) is 5.56 Å². The number of benzene rings is 1. The summed E-state index contributed by atoms with van der Waals surface area (Å²) in [7, 11) is 0. The molecule has 4 atom stereocenters. The average Bonchev–Trinajstić information content (AvgIpc) is 2.55. The minimum Gasteiger partial charge on any atom is -0.481 e. The van der Waals surface area contributed by atoms with Crippen LogP contribution in [0.5, 0.6) is 0 Å². The molecule has 116 valence electrons. The lowest BCUT2D eigenvalue weighted by Gasteiger charge is -2.41. The number of amides is 1. The molecule has 0 heterocycles. The van der Waals surface area contributed by atoms with E-state index in [2.05, 4.69) is 5.32 Å². The van der Waals surface area contributed by atoms with Crippen LogP contribution in [0.15, 0.2) is 42.5 Å². The van der Waals surface area contributed by atoms with E-state index in [1.807, 2.05) is 42.5 Å². The molecule has 1 aromatic carbocycles. The number of carboxylic acids is 1. The lowest BCUT2D eigenvalue weighted by molar-refractivity contribution is -0.152. The summed E-state index contributed by atoms with van der Waals surface area (Å²) in [5.74, 6) is -1.86. The molecule has 3 aliphatic carbocycles. The van der Waals surface area contributed by atoms with Crippen LogP contribution in [-0.4, -0.2) is 23.5 Å². The smallest absolute Gasteiger partial charge is 0.307 e. The van der Waals surface area contributed by atoms with Gasteiger partial charge in [0.05, 0.1) is 11.8 Å². The standard InChI is InChI=1S/C18H21NO3/c20-17(19-11-10-12-4-2-1-3-5-12)15-13-6-8-14(9-7-13)16(15)18(21)22/h1-6,8,13-16H,7,9-11H2,(H,19,20)(H,21,22)/t13-,14+,15-,16-/m0/s1. The summed E-state index contributed by atoms with van der Waals surface area (Å²) < 4.78 is 0. The lowest BCUT2D eigenvalue weighted by atomic mass is 9.62. The zero-order valence-corrected chi connectivity index (χ0v) is 12.4. The summed E-state index contributed by atoms with van der Waals surface area (Å²) in [5, 5.41) is 12.4. The van der Waals surface area contributed by atoms with Crippen molar-refractivity contribution in [2.24, 2.45) is 23.7 Å². The van der Waals surface area contributed by atoms with Crippen LogP contribution in [0.1, 0.15) is 18.4 Å². The number of aliphatic carboxylic acids is 1. The third-order valence-corrected chi connectivity index (χ3v) is 4.89. The summed E-state index contributed by atoms with van der Waals surface area (Å²) in [6.07, 6.45) is 6.59. The number of rotatable bonds is 5. The molecule has 22 heavy (non-hydrogen) atoms. The van der Waals surface area contributed by atoms with Crippen molar-refractivity contribution in [3.8, 4) is 0 Å². The number of hydrogen-bond donors (Lipinski definition) is 2. The molecule has 2 bridgehead atoms. The van der Waals surface area contributed by atoms with Gasteiger partial charge in [-0.05, 0) is 36.7 Å². The molecule has 0 aliphatic heterocycles. The molecular formula is C18H21NO3. The molecule has 1 amide bonds. The summed E-state index contributed by atoms with van der Waals surface area (Å²) in [6.45, 7) is 0.548. The summed E-state index contributed by atoms with van der Waals surface area (Å²) in [4.78, 5) is 24.0. The number of carboxylic acid groups (broad SMARTS) is 1. The van der Waals surface area contributed by atoms with E-state index in [4.69, 9.17) is 0 Å². The number of nitrogens with one attached hydrogen (secondary N) is 1. The second-order valence-electron chi connectivity index (χ2n) is 6.21. The fraction of sp³-hybridized carbons (Fsp3) is 0.444. The van der Waals surface area contributed by atoms with Gasteiger partial charge in [-0.15, -0.1) is 0 Å². The molecule has 4 rings (SSSR count). The second kappa shape index (κ2) is 6.34. The highest BCUT2D eigenvalue weighted by molar-refractivity contribution is 5.86. The molecule has 0 saturated heterocycles. The highest BCUT2D eigenvalue weighted by atomic mass is 16.4. The van der Waals surface area contributed by atoms with Crippen molar-refractivity contribution in [3.05, 3.63) is 48.0 Å². The van der Waals surface area contributed by atoms with E-state index in [9.17, 15) is 14.7 Å². The van der Waals surface area contributed by atoms with Crippen molar-refractivity contribution in [2.45, 2.75) is 19.3 Å². The zero-order valence-electron chi connectivity index (χ0n) is 12.4. The van der Waals surface area contributed by atoms with Gasteiger partial charge in [-0.25, -0.2) is 0 Å². The Labute approximate surface area is 130 Å². The predicted molar refractivity (Wildman–Crippen MR) is 83.1 cm³/mol. The maximum absolute atomic E-state index is 12.5. The van der Waals surface area contributed by atoms with Crippen LogP contribution in [0.4, 0.5) is 0 Å². The SMILES string of the molecule is O=C(O)[C@@H]1[C@@H](C(=O)NCCc2ccccc2)[C@H]2C=C[C@@H]1CC2. The molecule has 1 saturated carbocycles. The van der Waals surface area contributed by atoms with Gasteiger partial charge in [0.25, 0.3) is 0 Å². The van der Waals surface area contributed by atoms with Crippen LogP contribution in [-0.2, 0) is 16.0 Å². The minimum absolute atomic E-state index is 0.00683. The van der Waals surface area contributed by atoms with Gasteiger partial charge in [0, 0.05) is 6.54 Å². The topological polar surface area (TPSA) is 66.4 Å². The Hall–Kier alpha value is -2.10. The van der Waals surface area contributed by atoms with Crippen molar-refractivity contribution in [3.63, 3.8) is 0 Å². The largest absolute Gasteiger partial charge is 0.481 e. The van der Waals surface area contributed by atoms with Crippen molar-refractivity contribution < 1.29 is 14.7 Å². The van der Waals surface area contributed by atoms with Crippen LogP contribution in [0, 0.1) is 23.7 Å². The lowest BCUT2D eigenvalue weighted by Crippen LogP contribution is -2.49. The van der Waals surface area contributed by atoms with Crippen molar-refractivity contribution in [1.82, 2.24) is 5.32 Å². The Morgan fingerprint density at radius 2 is 1.68 bits per heavy atom. The first kappa shape index (κ1) is 14.8. The Kier molecular flexibility index (Phi) is 4.27. The van der Waals surface area contributed by atoms with E-state index >= 15 is 0 Å². The van der Waals surface area contributed by atoms with Crippen LogP contribution >= 0.6 is 0 Å². The van der Waals surface area contributed by atoms with E-state index in [0.717, 1.165) is 19.3 Å². The first-order chi connectivity index (χ1) is 10.7. The fourth-order valence-corrected chi connectivity index (χ4v) is 3.78. The predicted octanol–water partition coefficient (Wildman–Crippen LogP) is 2.26. The highest BCUT2D eigenvalue weighted by Crippen LogP contribution is 2.44. The van der Waals surface area contributed by atoms with Gasteiger partial charge in [0.2, 0.25) is 5.91 Å². The quantitative estimate of drug-likeness (QED) is 0.820. The molecular weight excluding hydrogens is 278 g/mol.